The van der Waals surface area contributed by atoms with Gasteiger partial charge in [0.1, 0.15) is 0 Å². The van der Waals surface area contributed by atoms with E-state index >= 15 is 0 Å². The lowest BCUT2D eigenvalue weighted by atomic mass is 10.1. The van der Waals surface area contributed by atoms with Crippen molar-refractivity contribution in [3.05, 3.63) is 64.4 Å². The zero-order valence-electron chi connectivity index (χ0n) is 15.7. The second-order valence-electron chi connectivity index (χ2n) is 6.02. The summed E-state index contributed by atoms with van der Waals surface area (Å²) in [5.41, 5.74) is 2.11. The predicted molar refractivity (Wildman–Crippen MR) is 103 cm³/mol. The summed E-state index contributed by atoms with van der Waals surface area (Å²) in [4.78, 5) is 12.6. The molecule has 1 heterocycles. The Bertz CT molecular complexity index is 971. The Labute approximate surface area is 157 Å². The summed E-state index contributed by atoms with van der Waals surface area (Å²) in [6, 6.07) is 15.2. The van der Waals surface area contributed by atoms with Crippen LogP contribution in [0.15, 0.2) is 53.3 Å². The van der Waals surface area contributed by atoms with E-state index in [2.05, 4.69) is 15.5 Å². The van der Waals surface area contributed by atoms with Crippen LogP contribution in [-0.4, -0.2) is 30.4 Å². The Morgan fingerprint density at radius 3 is 2.52 bits per heavy atom. The molecule has 2 aromatic carbocycles. The van der Waals surface area contributed by atoms with Gasteiger partial charge in [0.25, 0.3) is 0 Å². The molecule has 3 aromatic rings. The average molecular weight is 367 g/mol. The zero-order valence-corrected chi connectivity index (χ0v) is 15.7. The van der Waals surface area contributed by atoms with Crippen LogP contribution in [-0.2, 0) is 13.5 Å². The number of rotatable bonds is 7. The Kier molecular flexibility index (Phi) is 5.71. The maximum Gasteiger partial charge on any atom is 0.377 e. The number of methoxy groups -OCH3 is 2. The molecule has 0 amide bonds. The minimum absolute atomic E-state index is 0.159. The second kappa shape index (κ2) is 8.35. The van der Waals surface area contributed by atoms with E-state index in [0.29, 0.717) is 29.7 Å². The number of hydrogen-bond donors (Lipinski definition) is 1. The second-order valence-corrected chi connectivity index (χ2v) is 6.02. The fraction of sp³-hybridized carbons (Fsp3) is 0.250. The molecule has 0 radical (unpaired) electrons. The molecule has 3 rings (SSSR count). The van der Waals surface area contributed by atoms with Crippen molar-refractivity contribution in [2.75, 3.05) is 26.1 Å². The van der Waals surface area contributed by atoms with Gasteiger partial charge in [-0.25, -0.2) is 4.79 Å². The highest BCUT2D eigenvalue weighted by atomic mass is 16.5. The van der Waals surface area contributed by atoms with Crippen LogP contribution in [0.25, 0.3) is 11.3 Å². The van der Waals surface area contributed by atoms with Crippen LogP contribution in [0.2, 0.25) is 0 Å². The van der Waals surface area contributed by atoms with Crippen molar-refractivity contribution in [3.63, 3.8) is 0 Å². The van der Waals surface area contributed by atoms with E-state index in [1.54, 1.807) is 21.3 Å². The van der Waals surface area contributed by atoms with Crippen molar-refractivity contribution < 1.29 is 14.6 Å². The zero-order chi connectivity index (χ0) is 19.2. The molecular formula is C20H23N4O3+. The van der Waals surface area contributed by atoms with Crippen LogP contribution in [0.4, 0.5) is 5.95 Å². The number of anilines is 1. The fourth-order valence-electron chi connectivity index (χ4n) is 2.80. The molecule has 0 saturated heterocycles. The normalized spacial score (nSPS) is 10.5. The summed E-state index contributed by atoms with van der Waals surface area (Å²) in [6.45, 7) is 0.631. The van der Waals surface area contributed by atoms with Gasteiger partial charge in [-0.2, -0.15) is 9.67 Å². The van der Waals surface area contributed by atoms with Crippen LogP contribution in [0.3, 0.4) is 0 Å². The first kappa shape index (κ1) is 18.4. The summed E-state index contributed by atoms with van der Waals surface area (Å²) >= 11 is 0. The summed E-state index contributed by atoms with van der Waals surface area (Å²) in [5.74, 6) is 1.95. The monoisotopic (exact) mass is 367 g/mol. The van der Waals surface area contributed by atoms with E-state index in [4.69, 9.17) is 9.47 Å². The lowest BCUT2D eigenvalue weighted by Crippen LogP contribution is -2.33. The molecule has 0 aliphatic carbocycles. The Hall–Kier alpha value is -3.35. The summed E-state index contributed by atoms with van der Waals surface area (Å²) < 4.78 is 12.1. The number of benzene rings is 2. The molecule has 0 atom stereocenters. The largest absolute Gasteiger partial charge is 0.493 e. The van der Waals surface area contributed by atoms with E-state index in [0.717, 1.165) is 17.5 Å². The first-order valence-corrected chi connectivity index (χ1v) is 8.63. The van der Waals surface area contributed by atoms with E-state index in [1.165, 1.54) is 4.57 Å². The highest BCUT2D eigenvalue weighted by molar-refractivity contribution is 5.57. The number of ether oxygens (including phenoxy) is 2. The smallest absolute Gasteiger partial charge is 0.377 e. The number of hydrogen-bond acceptors (Lipinski definition) is 5. The molecule has 140 valence electrons. The molecule has 7 nitrogen and oxygen atoms in total. The van der Waals surface area contributed by atoms with Crippen molar-refractivity contribution in [1.29, 1.82) is 0 Å². The van der Waals surface area contributed by atoms with Gasteiger partial charge in [0.15, 0.2) is 17.2 Å². The number of aromatic amines is 1. The molecular weight excluding hydrogens is 344 g/mol. The first-order chi connectivity index (χ1) is 13.1. The topological polar surface area (TPSA) is 79.5 Å². The lowest BCUT2D eigenvalue weighted by Gasteiger charge is -2.09. The highest BCUT2D eigenvalue weighted by Crippen LogP contribution is 2.27. The number of nitrogens with zero attached hydrogens (tertiary/aromatic N) is 2. The van der Waals surface area contributed by atoms with Gasteiger partial charge >= 0.3 is 11.5 Å². The van der Waals surface area contributed by atoms with Crippen LogP contribution in [0.1, 0.15) is 5.56 Å². The van der Waals surface area contributed by atoms with Gasteiger partial charge in [-0.15, -0.1) is 5.10 Å². The van der Waals surface area contributed by atoms with Crippen molar-refractivity contribution in [1.82, 2.24) is 9.67 Å². The van der Waals surface area contributed by atoms with Crippen LogP contribution in [0, 0.1) is 0 Å². The molecule has 2 N–H and O–H groups in total. The third-order valence-electron chi connectivity index (χ3n) is 4.32. The Balaban J connectivity index is 1.70. The summed E-state index contributed by atoms with van der Waals surface area (Å²) in [5, 5.41) is 10.4. The quantitative estimate of drug-likeness (QED) is 0.690. The highest BCUT2D eigenvalue weighted by Gasteiger charge is 2.16. The molecule has 1 aromatic heterocycles. The van der Waals surface area contributed by atoms with Gasteiger partial charge < -0.3 is 9.47 Å². The fourth-order valence-corrected chi connectivity index (χ4v) is 2.80. The van der Waals surface area contributed by atoms with Crippen molar-refractivity contribution >= 4 is 5.95 Å². The van der Waals surface area contributed by atoms with E-state index in [9.17, 15) is 4.79 Å². The molecule has 0 spiro atoms. The minimum Gasteiger partial charge on any atom is -0.493 e. The van der Waals surface area contributed by atoms with E-state index in [-0.39, 0.29) is 5.56 Å². The van der Waals surface area contributed by atoms with Gasteiger partial charge in [-0.1, -0.05) is 36.4 Å². The summed E-state index contributed by atoms with van der Waals surface area (Å²) in [6.07, 6.45) is 0.753. The Morgan fingerprint density at radius 2 is 1.81 bits per heavy atom. The molecule has 0 aliphatic rings. The summed E-state index contributed by atoms with van der Waals surface area (Å²) in [7, 11) is 4.94. The maximum atomic E-state index is 12.6. The number of nitrogens with one attached hydrogen (secondary N) is 2. The Morgan fingerprint density at radius 1 is 1.07 bits per heavy atom. The van der Waals surface area contributed by atoms with Crippen LogP contribution >= 0.6 is 0 Å². The van der Waals surface area contributed by atoms with Crippen LogP contribution in [0.5, 0.6) is 11.5 Å². The van der Waals surface area contributed by atoms with Gasteiger partial charge in [0.2, 0.25) is 0 Å². The molecule has 0 bridgehead atoms. The number of H-pyrrole nitrogens is 1. The molecule has 0 aliphatic heterocycles. The third-order valence-corrected chi connectivity index (χ3v) is 4.32. The SMILES string of the molecule is COc1ccc(CCNc2[nH+]nc(-c3ccccc3)c(=O)n2C)cc1OC. The van der Waals surface area contributed by atoms with Crippen LogP contribution < -0.4 is 25.4 Å². The van der Waals surface area contributed by atoms with E-state index in [1.807, 2.05) is 48.5 Å². The van der Waals surface area contributed by atoms with Gasteiger partial charge in [-0.05, 0) is 17.7 Å². The number of aromatic nitrogens is 3. The van der Waals surface area contributed by atoms with Crippen molar-refractivity contribution in [2.45, 2.75) is 6.42 Å². The predicted octanol–water partition coefficient (Wildman–Crippen LogP) is 1.93. The lowest BCUT2D eigenvalue weighted by molar-refractivity contribution is -0.444. The average Bonchev–Trinajstić information content (AvgIpc) is 2.71. The molecule has 0 saturated carbocycles. The van der Waals surface area contributed by atoms with Crippen molar-refractivity contribution in [3.8, 4) is 22.8 Å². The van der Waals surface area contributed by atoms with E-state index < -0.39 is 0 Å². The van der Waals surface area contributed by atoms with Gasteiger partial charge in [0, 0.05) is 12.0 Å². The standard InChI is InChI=1S/C20H22N4O3/c1-24-19(25)18(15-7-5-4-6-8-15)22-23-20(24)21-12-11-14-9-10-16(26-2)17(13-14)27-3/h4-10,13H,11-12H2,1-3H3,(H,21,23)/p+1. The van der Waals surface area contributed by atoms with Gasteiger partial charge in [0.05, 0.1) is 27.8 Å². The third kappa shape index (κ3) is 4.08. The van der Waals surface area contributed by atoms with Gasteiger partial charge in [-0.3, -0.25) is 5.32 Å². The molecule has 27 heavy (non-hydrogen) atoms. The maximum absolute atomic E-state index is 12.6. The molecule has 0 unspecified atom stereocenters. The van der Waals surface area contributed by atoms with Crippen molar-refractivity contribution in [2.24, 2.45) is 7.05 Å². The minimum atomic E-state index is -0.159. The molecule has 7 heteroatoms. The molecule has 0 fully saturated rings. The first-order valence-electron chi connectivity index (χ1n) is 8.63.